The van der Waals surface area contributed by atoms with Gasteiger partial charge in [0.25, 0.3) is 0 Å². The Morgan fingerprint density at radius 1 is 1.31 bits per heavy atom. The summed E-state index contributed by atoms with van der Waals surface area (Å²) in [5.41, 5.74) is 1.08. The largest absolute Gasteiger partial charge is 0.310 e. The average molecular weight is 325 g/mol. The monoisotopic (exact) mass is 323 g/mol. The minimum atomic E-state index is 0.459. The Balaban J connectivity index is 2.48. The lowest BCUT2D eigenvalue weighted by molar-refractivity contribution is 0.516. The Kier molecular flexibility index (Phi) is 6.12. The molecule has 1 aromatic carbocycles. The lowest BCUT2D eigenvalue weighted by atomic mass is 10.1. The Hall–Kier alpha value is 0.240. The third-order valence-electron chi connectivity index (χ3n) is 2.33. The smallest absolute Gasteiger partial charge is 0.0465 e. The molecule has 0 fully saturated rings. The Morgan fingerprint density at radius 3 is 2.56 bits per heavy atom. The zero-order valence-corrected chi connectivity index (χ0v) is 12.5. The maximum Gasteiger partial charge on any atom is 0.0465 e. The highest BCUT2D eigenvalue weighted by Gasteiger charge is 2.07. The van der Waals surface area contributed by atoms with Crippen LogP contribution in [0.1, 0.15) is 25.8 Å². The van der Waals surface area contributed by atoms with E-state index in [1.54, 1.807) is 6.07 Å². The third-order valence-corrected chi connectivity index (χ3v) is 3.30. The van der Waals surface area contributed by atoms with Gasteiger partial charge in [0, 0.05) is 27.5 Å². The summed E-state index contributed by atoms with van der Waals surface area (Å²) >= 11 is 15.5. The van der Waals surface area contributed by atoms with E-state index >= 15 is 0 Å². The Bertz CT molecular complexity index is 342. The molecule has 0 aliphatic carbocycles. The molecule has 0 aliphatic rings. The van der Waals surface area contributed by atoms with Crippen LogP contribution >= 0.6 is 39.1 Å². The maximum absolute atomic E-state index is 6.09. The lowest BCUT2D eigenvalue weighted by Crippen LogP contribution is -2.27. The standard InChI is InChI=1S/C12H16BrCl2N/c1-8(13)5-9(2)16-7-10-3-4-11(14)6-12(10)15/h3-4,6,8-9,16H,5,7H2,1-2H3. The molecule has 2 unspecified atom stereocenters. The van der Waals surface area contributed by atoms with Crippen LogP contribution < -0.4 is 5.32 Å². The summed E-state index contributed by atoms with van der Waals surface area (Å²) in [7, 11) is 0. The van der Waals surface area contributed by atoms with E-state index in [1.807, 2.05) is 12.1 Å². The molecule has 1 N–H and O–H groups in total. The zero-order chi connectivity index (χ0) is 12.1. The van der Waals surface area contributed by atoms with E-state index in [2.05, 4.69) is 35.1 Å². The number of hydrogen-bond donors (Lipinski definition) is 1. The molecule has 1 rings (SSSR count). The molecule has 0 aromatic heterocycles. The van der Waals surface area contributed by atoms with Gasteiger partial charge in [0.1, 0.15) is 0 Å². The van der Waals surface area contributed by atoms with Crippen molar-refractivity contribution in [3.63, 3.8) is 0 Å². The average Bonchev–Trinajstić information content (AvgIpc) is 2.15. The van der Waals surface area contributed by atoms with Crippen molar-refractivity contribution in [1.82, 2.24) is 5.32 Å². The first-order valence-electron chi connectivity index (χ1n) is 5.30. The second kappa shape index (κ2) is 6.85. The Morgan fingerprint density at radius 2 is 2.00 bits per heavy atom. The summed E-state index contributed by atoms with van der Waals surface area (Å²) in [5, 5.41) is 4.83. The number of halogens is 3. The normalized spacial score (nSPS) is 14.8. The second-order valence-electron chi connectivity index (χ2n) is 4.03. The number of hydrogen-bond acceptors (Lipinski definition) is 1. The van der Waals surface area contributed by atoms with Gasteiger partial charge in [-0.25, -0.2) is 0 Å². The first-order valence-corrected chi connectivity index (χ1v) is 6.97. The van der Waals surface area contributed by atoms with Gasteiger partial charge in [-0.15, -0.1) is 0 Å². The van der Waals surface area contributed by atoms with Crippen LogP contribution in [-0.4, -0.2) is 10.9 Å². The highest BCUT2D eigenvalue weighted by Crippen LogP contribution is 2.21. The van der Waals surface area contributed by atoms with Gasteiger partial charge in [0.05, 0.1) is 0 Å². The van der Waals surface area contributed by atoms with Crippen molar-refractivity contribution in [2.75, 3.05) is 0 Å². The first kappa shape index (κ1) is 14.3. The molecule has 0 amide bonds. The summed E-state index contributed by atoms with van der Waals surface area (Å²) in [5.74, 6) is 0. The van der Waals surface area contributed by atoms with Crippen LogP contribution in [0, 0.1) is 0 Å². The van der Waals surface area contributed by atoms with E-state index in [-0.39, 0.29) is 0 Å². The van der Waals surface area contributed by atoms with E-state index in [0.29, 0.717) is 15.9 Å². The van der Waals surface area contributed by atoms with Crippen molar-refractivity contribution in [1.29, 1.82) is 0 Å². The van der Waals surface area contributed by atoms with Gasteiger partial charge in [-0.1, -0.05) is 52.1 Å². The molecule has 4 heteroatoms. The SMILES string of the molecule is CC(Br)CC(C)NCc1ccc(Cl)cc1Cl. The quantitative estimate of drug-likeness (QED) is 0.778. The Labute approximate surface area is 116 Å². The predicted octanol–water partition coefficient (Wildman–Crippen LogP) is 4.65. The van der Waals surface area contributed by atoms with Crippen molar-refractivity contribution in [2.45, 2.75) is 37.7 Å². The molecular formula is C12H16BrCl2N. The predicted molar refractivity (Wildman–Crippen MR) is 75.8 cm³/mol. The van der Waals surface area contributed by atoms with Gasteiger partial charge >= 0.3 is 0 Å². The molecule has 0 aliphatic heterocycles. The van der Waals surface area contributed by atoms with Crippen LogP contribution in [0.2, 0.25) is 10.0 Å². The number of alkyl halides is 1. The summed E-state index contributed by atoms with van der Waals surface area (Å²) in [6, 6.07) is 6.06. The van der Waals surface area contributed by atoms with E-state index in [9.17, 15) is 0 Å². The van der Waals surface area contributed by atoms with Crippen molar-refractivity contribution in [3.8, 4) is 0 Å². The molecule has 1 nitrogen and oxygen atoms in total. The van der Waals surface area contributed by atoms with Crippen LogP contribution in [0.3, 0.4) is 0 Å². The third kappa shape index (κ3) is 5.05. The van der Waals surface area contributed by atoms with Crippen LogP contribution in [0.4, 0.5) is 0 Å². The highest BCUT2D eigenvalue weighted by atomic mass is 79.9. The molecule has 0 saturated carbocycles. The molecule has 0 radical (unpaired) electrons. The molecule has 0 saturated heterocycles. The fourth-order valence-electron chi connectivity index (χ4n) is 1.52. The molecular weight excluding hydrogens is 309 g/mol. The number of rotatable bonds is 5. The van der Waals surface area contributed by atoms with Gasteiger partial charge in [-0.2, -0.15) is 0 Å². The van der Waals surface area contributed by atoms with Crippen LogP contribution in [0.25, 0.3) is 0 Å². The van der Waals surface area contributed by atoms with Crippen LogP contribution in [0.5, 0.6) is 0 Å². The molecule has 16 heavy (non-hydrogen) atoms. The summed E-state index contributed by atoms with van der Waals surface area (Å²) in [6.45, 7) is 5.09. The van der Waals surface area contributed by atoms with Gasteiger partial charge in [0.15, 0.2) is 0 Å². The van der Waals surface area contributed by atoms with Gasteiger partial charge in [-0.05, 0) is 31.0 Å². The van der Waals surface area contributed by atoms with Crippen molar-refractivity contribution in [2.24, 2.45) is 0 Å². The lowest BCUT2D eigenvalue weighted by Gasteiger charge is -2.15. The maximum atomic E-state index is 6.09. The number of nitrogens with one attached hydrogen (secondary N) is 1. The molecule has 2 atom stereocenters. The van der Waals surface area contributed by atoms with Crippen LogP contribution in [-0.2, 0) is 6.54 Å². The van der Waals surface area contributed by atoms with Crippen molar-refractivity contribution >= 4 is 39.1 Å². The first-order chi connectivity index (χ1) is 7.49. The van der Waals surface area contributed by atoms with Gasteiger partial charge in [0.2, 0.25) is 0 Å². The fourth-order valence-corrected chi connectivity index (χ4v) is 2.56. The second-order valence-corrected chi connectivity index (χ2v) is 6.44. The number of benzene rings is 1. The molecule has 90 valence electrons. The van der Waals surface area contributed by atoms with Gasteiger partial charge < -0.3 is 5.32 Å². The zero-order valence-electron chi connectivity index (χ0n) is 9.43. The van der Waals surface area contributed by atoms with E-state index < -0.39 is 0 Å². The molecule has 0 spiro atoms. The summed E-state index contributed by atoms with van der Waals surface area (Å²) in [4.78, 5) is 0.524. The van der Waals surface area contributed by atoms with Crippen molar-refractivity contribution in [3.05, 3.63) is 33.8 Å². The topological polar surface area (TPSA) is 12.0 Å². The van der Waals surface area contributed by atoms with E-state index in [0.717, 1.165) is 23.6 Å². The fraction of sp³-hybridized carbons (Fsp3) is 0.500. The summed E-state index contributed by atoms with van der Waals surface area (Å²) in [6.07, 6.45) is 1.09. The van der Waals surface area contributed by atoms with E-state index in [1.165, 1.54) is 0 Å². The van der Waals surface area contributed by atoms with Crippen LogP contribution in [0.15, 0.2) is 18.2 Å². The highest BCUT2D eigenvalue weighted by molar-refractivity contribution is 9.09. The summed E-state index contributed by atoms with van der Waals surface area (Å²) < 4.78 is 0. The minimum Gasteiger partial charge on any atom is -0.310 e. The van der Waals surface area contributed by atoms with Crippen molar-refractivity contribution < 1.29 is 0 Å². The molecule has 0 bridgehead atoms. The minimum absolute atomic E-state index is 0.459. The van der Waals surface area contributed by atoms with E-state index in [4.69, 9.17) is 23.2 Å². The molecule has 1 aromatic rings. The van der Waals surface area contributed by atoms with Gasteiger partial charge in [-0.3, -0.25) is 0 Å². The molecule has 0 heterocycles.